The average Bonchev–Trinajstić information content (AvgIpc) is 2.00. The van der Waals surface area contributed by atoms with Crippen molar-refractivity contribution >= 4 is 15.2 Å². The molecule has 0 saturated heterocycles. The fraction of sp³-hybridized carbons (Fsp3) is 1.00. The summed E-state index contributed by atoms with van der Waals surface area (Å²) in [7, 11) is -9.63. The summed E-state index contributed by atoms with van der Waals surface area (Å²) < 4.78 is 22.2. The van der Waals surface area contributed by atoms with E-state index in [-0.39, 0.29) is 6.42 Å². The Bertz CT molecular complexity index is 268. The second-order valence-corrected chi connectivity index (χ2v) is 8.27. The Labute approximate surface area is 89.0 Å². The highest BCUT2D eigenvalue weighted by molar-refractivity contribution is 7.72. The maximum Gasteiger partial charge on any atom is 0.343 e. The molecule has 0 radical (unpaired) electrons. The molecule has 15 heavy (non-hydrogen) atoms. The molecule has 4 N–H and O–H groups in total. The van der Waals surface area contributed by atoms with Gasteiger partial charge in [0.25, 0.3) is 0 Å². The van der Waals surface area contributed by atoms with Gasteiger partial charge in [0, 0.05) is 0 Å². The SMILES string of the molecule is CCCCCC(C)(P(=O)(O)O)P(=O)(O)O. The first-order chi connectivity index (χ1) is 6.56. The van der Waals surface area contributed by atoms with Crippen molar-refractivity contribution in [1.29, 1.82) is 0 Å². The zero-order valence-corrected chi connectivity index (χ0v) is 10.6. The minimum absolute atomic E-state index is 0.171. The molecule has 0 aliphatic carbocycles. The smallest absolute Gasteiger partial charge is 0.324 e. The van der Waals surface area contributed by atoms with Crippen LogP contribution in [0.3, 0.4) is 0 Å². The van der Waals surface area contributed by atoms with E-state index in [1.807, 2.05) is 6.92 Å². The highest BCUT2D eigenvalue weighted by Gasteiger charge is 2.55. The van der Waals surface area contributed by atoms with E-state index in [4.69, 9.17) is 19.6 Å². The van der Waals surface area contributed by atoms with Crippen LogP contribution in [0.2, 0.25) is 0 Å². The van der Waals surface area contributed by atoms with Crippen LogP contribution >= 0.6 is 15.2 Å². The van der Waals surface area contributed by atoms with Gasteiger partial charge in [-0.3, -0.25) is 9.13 Å². The number of unbranched alkanes of at least 4 members (excludes halogenated alkanes) is 2. The van der Waals surface area contributed by atoms with Gasteiger partial charge in [0.1, 0.15) is 0 Å². The molecule has 8 heteroatoms. The second kappa shape index (κ2) is 5.09. The van der Waals surface area contributed by atoms with E-state index in [9.17, 15) is 9.13 Å². The van der Waals surface area contributed by atoms with E-state index in [1.165, 1.54) is 0 Å². The number of hydrogen-bond acceptors (Lipinski definition) is 2. The molecule has 0 fully saturated rings. The van der Waals surface area contributed by atoms with Gasteiger partial charge in [0.05, 0.1) is 0 Å². The largest absolute Gasteiger partial charge is 0.343 e. The summed E-state index contributed by atoms with van der Waals surface area (Å²) in [5.74, 6) is 0. The second-order valence-electron chi connectivity index (χ2n) is 3.76. The summed E-state index contributed by atoms with van der Waals surface area (Å²) in [6.07, 6.45) is 1.73. The topological polar surface area (TPSA) is 115 Å². The van der Waals surface area contributed by atoms with Crippen molar-refractivity contribution in [3.05, 3.63) is 0 Å². The van der Waals surface area contributed by atoms with Crippen molar-refractivity contribution in [2.75, 3.05) is 0 Å². The molecule has 0 aromatic rings. The fourth-order valence-corrected chi connectivity index (χ4v) is 3.43. The van der Waals surface area contributed by atoms with Crippen LogP contribution in [-0.4, -0.2) is 24.5 Å². The zero-order valence-electron chi connectivity index (χ0n) is 8.83. The molecule has 92 valence electrons. The molecule has 0 saturated carbocycles. The van der Waals surface area contributed by atoms with Crippen LogP contribution in [0.5, 0.6) is 0 Å². The van der Waals surface area contributed by atoms with Gasteiger partial charge in [-0.2, -0.15) is 0 Å². The van der Waals surface area contributed by atoms with Crippen molar-refractivity contribution in [2.45, 2.75) is 44.4 Å². The zero-order chi connectivity index (χ0) is 12.3. The maximum absolute atomic E-state index is 11.1. The highest BCUT2D eigenvalue weighted by atomic mass is 31.2. The molecule has 0 aliphatic heterocycles. The third kappa shape index (κ3) is 3.66. The molecule has 0 aliphatic rings. The van der Waals surface area contributed by atoms with Crippen molar-refractivity contribution in [1.82, 2.24) is 0 Å². The van der Waals surface area contributed by atoms with Crippen molar-refractivity contribution < 1.29 is 28.7 Å². The molecule has 0 unspecified atom stereocenters. The Morgan fingerprint density at radius 3 is 1.67 bits per heavy atom. The quantitative estimate of drug-likeness (QED) is 0.426. The average molecular weight is 260 g/mol. The normalized spacial score (nSPS) is 14.3. The Balaban J connectivity index is 4.91. The predicted octanol–water partition coefficient (Wildman–Crippen LogP) is 1.64. The Kier molecular flexibility index (Phi) is 5.19. The van der Waals surface area contributed by atoms with Gasteiger partial charge < -0.3 is 19.6 Å². The standard InChI is InChI=1S/C7H18O6P2/c1-3-4-5-6-7(2,14(8,9)10)15(11,12)13/h3-6H2,1-2H3,(H2,8,9,10)(H2,11,12,13). The predicted molar refractivity (Wildman–Crippen MR) is 56.6 cm³/mol. The van der Waals surface area contributed by atoms with Crippen LogP contribution in [0.4, 0.5) is 0 Å². The van der Waals surface area contributed by atoms with Gasteiger partial charge in [0.15, 0.2) is 4.90 Å². The third-order valence-corrected chi connectivity index (χ3v) is 7.03. The van der Waals surface area contributed by atoms with Crippen LogP contribution in [0.15, 0.2) is 0 Å². The molecule has 0 heterocycles. The van der Waals surface area contributed by atoms with Crippen LogP contribution in [0.1, 0.15) is 39.5 Å². The number of hydrogen-bond donors (Lipinski definition) is 4. The molecule has 0 atom stereocenters. The first-order valence-electron chi connectivity index (χ1n) is 4.67. The first kappa shape index (κ1) is 15.3. The Hall–Kier alpha value is 0.300. The van der Waals surface area contributed by atoms with E-state index in [0.717, 1.165) is 13.3 Å². The maximum atomic E-state index is 11.1. The highest BCUT2D eigenvalue weighted by Crippen LogP contribution is 2.70. The van der Waals surface area contributed by atoms with Crippen molar-refractivity contribution in [3.63, 3.8) is 0 Å². The van der Waals surface area contributed by atoms with E-state index in [2.05, 4.69) is 0 Å². The molecule has 0 aromatic heterocycles. The first-order valence-corrected chi connectivity index (χ1v) is 7.90. The molecular weight excluding hydrogens is 242 g/mol. The van der Waals surface area contributed by atoms with Gasteiger partial charge in [-0.05, 0) is 13.3 Å². The lowest BCUT2D eigenvalue weighted by Gasteiger charge is -2.30. The molecule has 0 bridgehead atoms. The van der Waals surface area contributed by atoms with E-state index >= 15 is 0 Å². The summed E-state index contributed by atoms with van der Waals surface area (Å²) in [6, 6.07) is 0. The van der Waals surface area contributed by atoms with Crippen LogP contribution < -0.4 is 0 Å². The van der Waals surface area contributed by atoms with Crippen molar-refractivity contribution in [2.24, 2.45) is 0 Å². The van der Waals surface area contributed by atoms with Crippen LogP contribution in [0.25, 0.3) is 0 Å². The van der Waals surface area contributed by atoms with E-state index in [0.29, 0.717) is 12.8 Å². The van der Waals surface area contributed by atoms with Gasteiger partial charge >= 0.3 is 15.2 Å². The van der Waals surface area contributed by atoms with Gasteiger partial charge in [0.2, 0.25) is 0 Å². The lowest BCUT2D eigenvalue weighted by molar-refractivity contribution is 0.305. The van der Waals surface area contributed by atoms with Gasteiger partial charge in [-0.1, -0.05) is 26.2 Å². The molecular formula is C7H18O6P2. The fourth-order valence-electron chi connectivity index (χ4n) is 1.17. The minimum Gasteiger partial charge on any atom is -0.324 e. The van der Waals surface area contributed by atoms with E-state index in [1.54, 1.807) is 0 Å². The van der Waals surface area contributed by atoms with Crippen molar-refractivity contribution in [3.8, 4) is 0 Å². The molecule has 0 spiro atoms. The summed E-state index contributed by atoms with van der Waals surface area (Å²) >= 11 is 0. The van der Waals surface area contributed by atoms with Crippen LogP contribution in [0, 0.1) is 0 Å². The monoisotopic (exact) mass is 260 g/mol. The molecule has 0 amide bonds. The van der Waals surface area contributed by atoms with Gasteiger partial charge in [-0.25, -0.2) is 0 Å². The molecule has 0 rings (SSSR count). The lowest BCUT2D eigenvalue weighted by Crippen LogP contribution is -2.24. The van der Waals surface area contributed by atoms with Gasteiger partial charge in [-0.15, -0.1) is 0 Å². The minimum atomic E-state index is -4.81. The van der Waals surface area contributed by atoms with E-state index < -0.39 is 20.1 Å². The van der Waals surface area contributed by atoms with Crippen LogP contribution in [-0.2, 0) is 9.13 Å². The third-order valence-electron chi connectivity index (χ3n) is 2.51. The Morgan fingerprint density at radius 1 is 1.00 bits per heavy atom. The lowest BCUT2D eigenvalue weighted by atomic mass is 10.2. The summed E-state index contributed by atoms with van der Waals surface area (Å²) in [5, 5.41) is 0. The summed E-state index contributed by atoms with van der Waals surface area (Å²) in [6.45, 7) is 2.84. The molecule has 0 aromatic carbocycles. The molecule has 6 nitrogen and oxygen atoms in total. The number of rotatable bonds is 6. The summed E-state index contributed by atoms with van der Waals surface area (Å²) in [5.41, 5.74) is 0. The summed E-state index contributed by atoms with van der Waals surface area (Å²) in [4.78, 5) is 33.7. The Morgan fingerprint density at radius 2 is 1.40 bits per heavy atom.